The number of allylic oxidation sites excluding steroid dienone is 1. The summed E-state index contributed by atoms with van der Waals surface area (Å²) in [6.45, 7) is 6.87. The Bertz CT molecular complexity index is 1540. The van der Waals surface area contributed by atoms with Crippen LogP contribution in [0.4, 0.5) is 0 Å². The van der Waals surface area contributed by atoms with Gasteiger partial charge >= 0.3 is 5.97 Å². The molecule has 422 valence electrons. The van der Waals surface area contributed by atoms with Crippen LogP contribution < -0.4 is 37.2 Å². The fourth-order valence-electron chi connectivity index (χ4n) is 7.43. The highest BCUT2D eigenvalue weighted by Crippen LogP contribution is 2.19. The molecule has 0 aromatic carbocycles. The molecule has 18 nitrogen and oxygen atoms in total. The van der Waals surface area contributed by atoms with Crippen LogP contribution in [-0.2, 0) is 43.1 Å². The summed E-state index contributed by atoms with van der Waals surface area (Å²) < 4.78 is 5.27. The molecule has 0 aromatic heterocycles. The van der Waals surface area contributed by atoms with Crippen molar-refractivity contribution in [1.82, 2.24) is 47.0 Å². The number of unbranched alkanes of at least 4 members (excludes halogenated alkanes) is 15. The normalized spacial score (nSPS) is 12.1. The van der Waals surface area contributed by atoms with Crippen LogP contribution in [0.3, 0.4) is 0 Å². The molecule has 0 rings (SSSR count). The molecule has 0 radical (unpaired) electrons. The number of amides is 7. The van der Waals surface area contributed by atoms with Crippen LogP contribution in [0.2, 0.25) is 0 Å². The van der Waals surface area contributed by atoms with Crippen molar-refractivity contribution in [3.05, 3.63) is 12.2 Å². The molecule has 20 heteroatoms. The Balaban J connectivity index is 4.80. The molecular weight excluding hydrogens is 971 g/mol. The molecule has 2 atom stereocenters. The first-order valence-electron chi connectivity index (χ1n) is 27.5. The van der Waals surface area contributed by atoms with Gasteiger partial charge in [0, 0.05) is 69.9 Å². The van der Waals surface area contributed by atoms with E-state index in [-0.39, 0.29) is 93.9 Å². The Labute approximate surface area is 447 Å². The molecule has 0 aliphatic heterocycles. The predicted molar refractivity (Wildman–Crippen MR) is 298 cm³/mol. The minimum absolute atomic E-state index is 0.0348. The number of nitrogens with one attached hydrogen (secondary N) is 7. The quantitative estimate of drug-likeness (QED) is 0.0162. The van der Waals surface area contributed by atoms with Gasteiger partial charge in [-0.25, -0.2) is 0 Å². The second-order valence-electron chi connectivity index (χ2n) is 19.2. The van der Waals surface area contributed by atoms with Crippen LogP contribution in [0, 0.1) is 0 Å². The number of rotatable bonds is 49. The summed E-state index contributed by atoms with van der Waals surface area (Å²) in [5, 5.41) is 19.7. The fourth-order valence-corrected chi connectivity index (χ4v) is 9.24. The number of carbonyl (C=O) groups excluding carboxylic acids is 8. The number of likely N-dealkylation sites (N-methyl/N-ethyl adjacent to an activating group) is 2. The van der Waals surface area contributed by atoms with Crippen molar-refractivity contribution in [2.45, 2.75) is 186 Å². The Morgan fingerprint density at radius 1 is 0.438 bits per heavy atom. The fraction of sp³-hybridized carbons (Fsp3) is 0.811. The van der Waals surface area contributed by atoms with Gasteiger partial charge in [-0.15, -0.1) is 0 Å². The van der Waals surface area contributed by atoms with E-state index >= 15 is 0 Å². The summed E-state index contributed by atoms with van der Waals surface area (Å²) in [4.78, 5) is 105. The molecule has 0 saturated heterocycles. The topological polar surface area (TPSA) is 236 Å². The van der Waals surface area contributed by atoms with E-state index in [1.807, 2.05) is 12.2 Å². The molecule has 0 spiro atoms. The Morgan fingerprint density at radius 3 is 1.51 bits per heavy atom. The van der Waals surface area contributed by atoms with Gasteiger partial charge in [0.25, 0.3) is 0 Å². The zero-order valence-corrected chi connectivity index (χ0v) is 47.6. The average molecular weight is 1070 g/mol. The van der Waals surface area contributed by atoms with Crippen LogP contribution >= 0.6 is 21.6 Å². The molecule has 0 aliphatic carbocycles. The minimum Gasteiger partial charge on any atom is -0.461 e. The van der Waals surface area contributed by atoms with Gasteiger partial charge in [0.1, 0.15) is 18.7 Å². The van der Waals surface area contributed by atoms with E-state index < -0.39 is 23.9 Å². The molecule has 0 aromatic rings. The van der Waals surface area contributed by atoms with Gasteiger partial charge < -0.3 is 51.8 Å². The van der Waals surface area contributed by atoms with Gasteiger partial charge in [-0.1, -0.05) is 137 Å². The predicted octanol–water partition coefficient (Wildman–Crippen LogP) is 5.93. The molecule has 0 fully saturated rings. The van der Waals surface area contributed by atoms with Crippen LogP contribution in [0.5, 0.6) is 0 Å². The summed E-state index contributed by atoms with van der Waals surface area (Å²) in [5.41, 5.74) is 0. The standard InChI is InChI=1S/C53H99N9O9S2/c1-7-9-11-13-15-16-17-18-19-20-22-24-34-54-46(63)31-30-45(53(70)57-36-27-29-51(68)71-39-25-23-21-14-12-10-8-2)59-48(65)33-32-47(64)56-37-40-72-73-41-38-58-52(69)44(60-50(67)43-62(5)6)28-26-35-55-49(66)42-61(3)4/h23,25,44-45H,7-22,24,26-43H2,1-6H3,(H,54,63)(H,55,66)(H,56,64)(H,57,70)(H,58,69)(H,59,65)(H,60,67)/b25-23-. The smallest absolute Gasteiger partial charge is 0.306 e. The van der Waals surface area contributed by atoms with E-state index in [9.17, 15) is 38.4 Å². The van der Waals surface area contributed by atoms with Crippen LogP contribution in [0.1, 0.15) is 174 Å². The first-order valence-corrected chi connectivity index (χ1v) is 30.0. The van der Waals surface area contributed by atoms with Crippen molar-refractivity contribution in [3.8, 4) is 0 Å². The lowest BCUT2D eigenvalue weighted by atomic mass is 10.1. The number of nitrogens with zero attached hydrogens (tertiary/aromatic N) is 2. The molecule has 0 saturated carbocycles. The highest BCUT2D eigenvalue weighted by Gasteiger charge is 2.23. The van der Waals surface area contributed by atoms with Crippen LogP contribution in [0.25, 0.3) is 0 Å². The number of hydrogen-bond acceptors (Lipinski definition) is 13. The lowest BCUT2D eigenvalue weighted by Crippen LogP contribution is -2.49. The van der Waals surface area contributed by atoms with Crippen LogP contribution in [-0.4, -0.2) is 161 Å². The molecule has 2 unspecified atom stereocenters. The zero-order valence-electron chi connectivity index (χ0n) is 45.9. The van der Waals surface area contributed by atoms with Crippen molar-refractivity contribution < 1.29 is 43.1 Å². The first kappa shape index (κ1) is 69.1. The van der Waals surface area contributed by atoms with Crippen molar-refractivity contribution in [1.29, 1.82) is 0 Å². The second-order valence-corrected chi connectivity index (χ2v) is 21.9. The van der Waals surface area contributed by atoms with Gasteiger partial charge in [0.2, 0.25) is 41.4 Å². The molecule has 73 heavy (non-hydrogen) atoms. The summed E-state index contributed by atoms with van der Waals surface area (Å²) in [6.07, 6.45) is 25.5. The van der Waals surface area contributed by atoms with Gasteiger partial charge in [0.05, 0.1) is 13.1 Å². The molecule has 0 heterocycles. The van der Waals surface area contributed by atoms with E-state index in [0.717, 1.165) is 32.1 Å². The van der Waals surface area contributed by atoms with E-state index in [2.05, 4.69) is 51.1 Å². The van der Waals surface area contributed by atoms with Gasteiger partial charge in [-0.3, -0.25) is 38.4 Å². The zero-order chi connectivity index (χ0) is 54.2. The van der Waals surface area contributed by atoms with E-state index in [1.54, 1.807) is 38.0 Å². The van der Waals surface area contributed by atoms with Crippen molar-refractivity contribution in [3.63, 3.8) is 0 Å². The van der Waals surface area contributed by atoms with Crippen molar-refractivity contribution in [2.24, 2.45) is 0 Å². The second kappa shape index (κ2) is 49.0. The summed E-state index contributed by atoms with van der Waals surface area (Å²) in [5.74, 6) is -1.36. The maximum absolute atomic E-state index is 13.3. The lowest BCUT2D eigenvalue weighted by Gasteiger charge is -2.20. The Hall–Kier alpha value is -3.88. The lowest BCUT2D eigenvalue weighted by molar-refractivity contribution is -0.142. The molecule has 7 amide bonds. The van der Waals surface area contributed by atoms with Gasteiger partial charge in [-0.2, -0.15) is 0 Å². The van der Waals surface area contributed by atoms with Gasteiger partial charge in [0.15, 0.2) is 0 Å². The number of ether oxygens (including phenoxy) is 1. The molecule has 0 aliphatic rings. The summed E-state index contributed by atoms with van der Waals surface area (Å²) in [6, 6.07) is -1.74. The number of esters is 1. The largest absolute Gasteiger partial charge is 0.461 e. The Kier molecular flexibility index (Phi) is 46.4. The minimum atomic E-state index is -0.999. The van der Waals surface area contributed by atoms with Gasteiger partial charge in [-0.05, 0) is 73.1 Å². The van der Waals surface area contributed by atoms with E-state index in [4.69, 9.17) is 4.74 Å². The first-order chi connectivity index (χ1) is 35.2. The number of carbonyl (C=O) groups is 8. The Morgan fingerprint density at radius 2 is 0.890 bits per heavy atom. The maximum atomic E-state index is 13.3. The van der Waals surface area contributed by atoms with E-state index in [1.165, 1.54) is 98.6 Å². The number of hydrogen-bond donors (Lipinski definition) is 7. The SMILES string of the molecule is CCCCCC/C=C\COC(=O)CCCNC(=O)C(CCC(=O)NCCCCCCCCCCCCCC)NC(=O)CCC(=O)NCCSSCCNC(=O)C(CCCNC(=O)CN(C)C)NC(=O)CN(C)C. The third-order valence-corrected chi connectivity index (χ3v) is 13.9. The monoisotopic (exact) mass is 1070 g/mol. The molecular formula is C53H99N9O9S2. The van der Waals surface area contributed by atoms with Crippen molar-refractivity contribution >= 4 is 68.9 Å². The summed E-state index contributed by atoms with van der Waals surface area (Å²) >= 11 is 0. The highest BCUT2D eigenvalue weighted by atomic mass is 33.1. The average Bonchev–Trinajstić information content (AvgIpc) is 3.34. The summed E-state index contributed by atoms with van der Waals surface area (Å²) in [7, 11) is 10.2. The van der Waals surface area contributed by atoms with E-state index in [0.29, 0.717) is 56.9 Å². The van der Waals surface area contributed by atoms with Crippen molar-refractivity contribution in [2.75, 3.05) is 92.1 Å². The van der Waals surface area contributed by atoms with Crippen LogP contribution in [0.15, 0.2) is 12.2 Å². The third-order valence-electron chi connectivity index (χ3n) is 11.5. The highest BCUT2D eigenvalue weighted by molar-refractivity contribution is 8.76. The molecule has 0 bridgehead atoms. The third kappa shape index (κ3) is 46.4. The molecule has 7 N–H and O–H groups in total. The maximum Gasteiger partial charge on any atom is 0.306 e.